The van der Waals surface area contributed by atoms with Crippen LogP contribution in [-0.2, 0) is 6.61 Å². The molecule has 0 aliphatic carbocycles. The van der Waals surface area contributed by atoms with Crippen molar-refractivity contribution in [2.45, 2.75) is 25.9 Å². The van der Waals surface area contributed by atoms with Gasteiger partial charge >= 0.3 is 0 Å². The van der Waals surface area contributed by atoms with Crippen molar-refractivity contribution in [2.24, 2.45) is 0 Å². The second-order valence-electron chi connectivity index (χ2n) is 4.87. The van der Waals surface area contributed by atoms with Crippen LogP contribution in [0, 0.1) is 0 Å². The minimum absolute atomic E-state index is 0.182. The molecular weight excluding hydrogens is 328 g/mol. The van der Waals surface area contributed by atoms with E-state index in [2.05, 4.69) is 15.9 Å². The molecule has 0 unspecified atom stereocenters. The lowest BCUT2D eigenvalue weighted by molar-refractivity contribution is 0.0979. The van der Waals surface area contributed by atoms with Crippen LogP contribution in [0.25, 0.3) is 0 Å². The number of alkyl halides is 1. The molecule has 21 heavy (non-hydrogen) atoms. The monoisotopic (exact) mass is 346 g/mol. The van der Waals surface area contributed by atoms with Gasteiger partial charge in [0.15, 0.2) is 5.78 Å². The Morgan fingerprint density at radius 1 is 1.00 bits per heavy atom. The number of halogens is 1. The van der Waals surface area contributed by atoms with Gasteiger partial charge in [-0.2, -0.15) is 0 Å². The predicted molar refractivity (Wildman–Crippen MR) is 89.2 cm³/mol. The van der Waals surface area contributed by atoms with Gasteiger partial charge in [-0.3, -0.25) is 4.79 Å². The summed E-state index contributed by atoms with van der Waals surface area (Å²) in [6.07, 6.45) is 2.53. The van der Waals surface area contributed by atoms with Crippen LogP contribution in [0.1, 0.15) is 35.2 Å². The molecule has 2 nitrogen and oxygen atoms in total. The number of carbonyl (C=O) groups excluding carboxylic acids is 1. The molecule has 0 saturated carbocycles. The highest BCUT2D eigenvalue weighted by atomic mass is 79.9. The first-order chi connectivity index (χ1) is 10.3. The number of carbonyl (C=O) groups is 1. The first-order valence-electron chi connectivity index (χ1n) is 7.15. The highest BCUT2D eigenvalue weighted by molar-refractivity contribution is 9.09. The number of unbranched alkanes of at least 4 members (excludes halogenated alkanes) is 1. The van der Waals surface area contributed by atoms with Crippen LogP contribution in [0.4, 0.5) is 0 Å². The van der Waals surface area contributed by atoms with E-state index in [0.29, 0.717) is 13.0 Å². The predicted octanol–water partition coefficient (Wildman–Crippen LogP) is 5.01. The fourth-order valence-corrected chi connectivity index (χ4v) is 2.42. The summed E-state index contributed by atoms with van der Waals surface area (Å²) in [5, 5.41) is 0.945. The molecule has 0 fully saturated rings. The zero-order chi connectivity index (χ0) is 14.9. The molecule has 0 amide bonds. The first kappa shape index (κ1) is 15.8. The second kappa shape index (κ2) is 8.63. The second-order valence-corrected chi connectivity index (χ2v) is 5.66. The van der Waals surface area contributed by atoms with Gasteiger partial charge in [-0.1, -0.05) is 58.4 Å². The average Bonchev–Trinajstić information content (AvgIpc) is 2.54. The molecule has 2 aromatic carbocycles. The van der Waals surface area contributed by atoms with E-state index < -0.39 is 0 Å². The molecule has 0 atom stereocenters. The summed E-state index contributed by atoms with van der Waals surface area (Å²) >= 11 is 3.38. The van der Waals surface area contributed by atoms with E-state index in [9.17, 15) is 4.79 Å². The topological polar surface area (TPSA) is 26.3 Å². The van der Waals surface area contributed by atoms with Crippen LogP contribution in [0.5, 0.6) is 5.75 Å². The van der Waals surface area contributed by atoms with Gasteiger partial charge in [0.1, 0.15) is 12.4 Å². The fourth-order valence-electron chi connectivity index (χ4n) is 2.02. The molecule has 0 bridgehead atoms. The lowest BCUT2D eigenvalue weighted by Crippen LogP contribution is -2.01. The van der Waals surface area contributed by atoms with Gasteiger partial charge < -0.3 is 4.74 Å². The molecular formula is C18H19BrO2. The maximum atomic E-state index is 12.1. The molecule has 2 rings (SSSR count). The summed E-state index contributed by atoms with van der Waals surface area (Å²) in [6.45, 7) is 0.516. The summed E-state index contributed by atoms with van der Waals surface area (Å²) in [4.78, 5) is 12.1. The van der Waals surface area contributed by atoms with Crippen LogP contribution in [-0.4, -0.2) is 11.1 Å². The number of hydrogen-bond donors (Lipinski definition) is 0. The van der Waals surface area contributed by atoms with Crippen LogP contribution in [0.3, 0.4) is 0 Å². The van der Waals surface area contributed by atoms with E-state index in [1.54, 1.807) is 0 Å². The Hall–Kier alpha value is -1.61. The van der Waals surface area contributed by atoms with Crippen LogP contribution in [0.15, 0.2) is 54.6 Å². The normalized spacial score (nSPS) is 10.3. The summed E-state index contributed by atoms with van der Waals surface area (Å²) in [7, 11) is 0. The van der Waals surface area contributed by atoms with Gasteiger partial charge in [-0.15, -0.1) is 0 Å². The highest BCUT2D eigenvalue weighted by Crippen LogP contribution is 2.17. The summed E-state index contributed by atoms with van der Waals surface area (Å²) in [5.74, 6) is 0.923. The number of ether oxygens (including phenoxy) is 1. The minimum Gasteiger partial charge on any atom is -0.489 e. The van der Waals surface area contributed by atoms with E-state index in [0.717, 1.165) is 35.0 Å². The lowest BCUT2D eigenvalue weighted by atomic mass is 10.1. The van der Waals surface area contributed by atoms with Crippen molar-refractivity contribution >= 4 is 21.7 Å². The Balaban J connectivity index is 1.92. The Morgan fingerprint density at radius 3 is 2.57 bits per heavy atom. The third-order valence-electron chi connectivity index (χ3n) is 3.19. The van der Waals surface area contributed by atoms with Gasteiger partial charge in [-0.05, 0) is 30.5 Å². The molecule has 0 heterocycles. The molecule has 0 spiro atoms. The molecule has 0 N–H and O–H groups in total. The van der Waals surface area contributed by atoms with E-state index in [-0.39, 0.29) is 5.78 Å². The van der Waals surface area contributed by atoms with Gasteiger partial charge in [0.25, 0.3) is 0 Å². The average molecular weight is 347 g/mol. The summed E-state index contributed by atoms with van der Waals surface area (Å²) in [5.41, 5.74) is 1.85. The van der Waals surface area contributed by atoms with Crippen LogP contribution >= 0.6 is 15.9 Å². The van der Waals surface area contributed by atoms with Crippen LogP contribution < -0.4 is 4.74 Å². The molecule has 0 aliphatic rings. The largest absolute Gasteiger partial charge is 0.489 e. The first-order valence-corrected chi connectivity index (χ1v) is 8.27. The Morgan fingerprint density at radius 2 is 1.81 bits per heavy atom. The highest BCUT2D eigenvalue weighted by Gasteiger charge is 2.06. The Kier molecular flexibility index (Phi) is 6.48. The summed E-state index contributed by atoms with van der Waals surface area (Å²) in [6, 6.07) is 17.5. The number of hydrogen-bond acceptors (Lipinski definition) is 2. The summed E-state index contributed by atoms with van der Waals surface area (Å²) < 4.78 is 5.75. The fraction of sp³-hybridized carbons (Fsp3) is 0.278. The minimum atomic E-state index is 0.182. The van der Waals surface area contributed by atoms with Gasteiger partial charge in [0.2, 0.25) is 0 Å². The maximum Gasteiger partial charge on any atom is 0.163 e. The smallest absolute Gasteiger partial charge is 0.163 e. The molecule has 0 saturated heterocycles. The van der Waals surface area contributed by atoms with Crippen molar-refractivity contribution in [3.8, 4) is 5.75 Å². The SMILES string of the molecule is O=C(CCCCBr)c1cccc(OCc2ccccc2)c1. The van der Waals surface area contributed by atoms with Crippen molar-refractivity contribution in [1.29, 1.82) is 0 Å². The number of ketones is 1. The quantitative estimate of drug-likeness (QED) is 0.381. The van der Waals surface area contributed by atoms with Gasteiger partial charge in [0, 0.05) is 17.3 Å². The molecule has 2 aromatic rings. The van der Waals surface area contributed by atoms with Gasteiger partial charge in [0.05, 0.1) is 0 Å². The standard InChI is InChI=1S/C18H19BrO2/c19-12-5-4-11-18(20)16-9-6-10-17(13-16)21-14-15-7-2-1-3-8-15/h1-3,6-10,13H,4-5,11-12,14H2. The Bertz CT molecular complexity index is 566. The third-order valence-corrected chi connectivity index (χ3v) is 3.75. The van der Waals surface area contributed by atoms with Crippen molar-refractivity contribution in [2.75, 3.05) is 5.33 Å². The van der Waals surface area contributed by atoms with E-state index >= 15 is 0 Å². The van der Waals surface area contributed by atoms with Crippen molar-refractivity contribution in [3.05, 3.63) is 65.7 Å². The number of Topliss-reactive ketones (excluding diaryl/α,β-unsaturated/α-hetero) is 1. The molecule has 0 aliphatic heterocycles. The zero-order valence-electron chi connectivity index (χ0n) is 11.9. The third kappa shape index (κ3) is 5.35. The molecule has 3 heteroatoms. The van der Waals surface area contributed by atoms with Gasteiger partial charge in [-0.25, -0.2) is 0 Å². The molecule has 0 aromatic heterocycles. The van der Waals surface area contributed by atoms with E-state index in [1.807, 2.05) is 54.6 Å². The van der Waals surface area contributed by atoms with E-state index in [1.165, 1.54) is 0 Å². The number of benzene rings is 2. The molecule has 110 valence electrons. The zero-order valence-corrected chi connectivity index (χ0v) is 13.5. The van der Waals surface area contributed by atoms with Crippen molar-refractivity contribution in [3.63, 3.8) is 0 Å². The Labute approximate surface area is 134 Å². The maximum absolute atomic E-state index is 12.1. The van der Waals surface area contributed by atoms with Crippen molar-refractivity contribution in [1.82, 2.24) is 0 Å². The van der Waals surface area contributed by atoms with Crippen LogP contribution in [0.2, 0.25) is 0 Å². The molecule has 0 radical (unpaired) electrons. The number of rotatable bonds is 8. The van der Waals surface area contributed by atoms with Crippen molar-refractivity contribution < 1.29 is 9.53 Å². The van der Waals surface area contributed by atoms with E-state index in [4.69, 9.17) is 4.74 Å². The lowest BCUT2D eigenvalue weighted by Gasteiger charge is -2.08.